The molecule has 0 bridgehead atoms. The summed E-state index contributed by atoms with van der Waals surface area (Å²) in [6.07, 6.45) is 3.70. The van der Waals surface area contributed by atoms with Crippen molar-refractivity contribution in [3.8, 4) is 0 Å². The highest BCUT2D eigenvalue weighted by atomic mass is 79.9. The van der Waals surface area contributed by atoms with Crippen LogP contribution in [0.2, 0.25) is 0 Å². The smallest absolute Gasteiger partial charge is 0.0677 e. The summed E-state index contributed by atoms with van der Waals surface area (Å²) in [6.45, 7) is 2.09. The maximum Gasteiger partial charge on any atom is 0.0677 e. The van der Waals surface area contributed by atoms with Crippen molar-refractivity contribution in [3.63, 3.8) is 0 Å². The highest BCUT2D eigenvalue weighted by Crippen LogP contribution is 2.24. The molecular weight excluding hydrogens is 216 g/mol. The molecule has 0 aliphatic carbocycles. The molecule has 2 nitrogen and oxygen atoms in total. The van der Waals surface area contributed by atoms with E-state index < -0.39 is 0 Å². The third-order valence-corrected chi connectivity index (χ3v) is 2.79. The molecule has 0 saturated carbocycles. The van der Waals surface area contributed by atoms with Crippen LogP contribution in [0, 0.1) is 6.92 Å². The summed E-state index contributed by atoms with van der Waals surface area (Å²) in [4.78, 5) is 4.12. The van der Waals surface area contributed by atoms with E-state index in [1.807, 2.05) is 19.4 Å². The fraction of sp³-hybridized carbons (Fsp3) is 0.222. The molecule has 0 atom stereocenters. The van der Waals surface area contributed by atoms with Crippen LogP contribution >= 0.6 is 15.9 Å². The van der Waals surface area contributed by atoms with Gasteiger partial charge in [-0.2, -0.15) is 0 Å². The van der Waals surface area contributed by atoms with Gasteiger partial charge in [0.05, 0.1) is 11.7 Å². The Labute approximate surface area is 79.3 Å². The number of pyridine rings is 1. The number of halogens is 1. The molecule has 0 unspecified atom stereocenters. The predicted molar refractivity (Wildman–Crippen MR) is 53.2 cm³/mol. The van der Waals surface area contributed by atoms with Gasteiger partial charge in [0.15, 0.2) is 0 Å². The van der Waals surface area contributed by atoms with Gasteiger partial charge in [0, 0.05) is 28.8 Å². The van der Waals surface area contributed by atoms with E-state index in [0.29, 0.717) is 0 Å². The van der Waals surface area contributed by atoms with Crippen LogP contribution in [0.5, 0.6) is 0 Å². The van der Waals surface area contributed by atoms with Gasteiger partial charge in [0.1, 0.15) is 0 Å². The van der Waals surface area contributed by atoms with E-state index in [1.165, 1.54) is 16.6 Å². The molecule has 0 radical (unpaired) electrons. The number of aryl methyl sites for hydroxylation is 2. The van der Waals surface area contributed by atoms with Gasteiger partial charge in [-0.25, -0.2) is 0 Å². The minimum Gasteiger partial charge on any atom is -0.347 e. The third-order valence-electron chi connectivity index (χ3n) is 2.16. The van der Waals surface area contributed by atoms with E-state index in [4.69, 9.17) is 0 Å². The van der Waals surface area contributed by atoms with Gasteiger partial charge >= 0.3 is 0 Å². The fourth-order valence-electron chi connectivity index (χ4n) is 1.34. The molecule has 2 heterocycles. The van der Waals surface area contributed by atoms with Crippen LogP contribution in [0.25, 0.3) is 10.9 Å². The summed E-state index contributed by atoms with van der Waals surface area (Å²) in [7, 11) is 2.05. The van der Waals surface area contributed by atoms with Crippen LogP contribution in [-0.2, 0) is 7.05 Å². The Balaban J connectivity index is 2.95. The molecule has 0 N–H and O–H groups in total. The Morgan fingerprint density at radius 1 is 1.42 bits per heavy atom. The first-order valence-electron chi connectivity index (χ1n) is 3.75. The lowest BCUT2D eigenvalue weighted by Crippen LogP contribution is -1.89. The van der Waals surface area contributed by atoms with Crippen LogP contribution in [0.1, 0.15) is 5.69 Å². The first-order chi connectivity index (χ1) is 5.70. The number of hydrogen-bond acceptors (Lipinski definition) is 1. The second kappa shape index (κ2) is 2.59. The Morgan fingerprint density at radius 3 is 2.83 bits per heavy atom. The zero-order valence-electron chi connectivity index (χ0n) is 7.00. The summed E-state index contributed by atoms with van der Waals surface area (Å²) < 4.78 is 3.19. The van der Waals surface area contributed by atoms with Crippen molar-refractivity contribution in [2.24, 2.45) is 7.05 Å². The van der Waals surface area contributed by atoms with Crippen molar-refractivity contribution < 1.29 is 0 Å². The number of fused-ring (bicyclic) bond motifs is 1. The van der Waals surface area contributed by atoms with Crippen molar-refractivity contribution >= 4 is 26.8 Å². The molecule has 3 heteroatoms. The Bertz CT molecular complexity index is 431. The Kier molecular flexibility index (Phi) is 1.68. The second-order valence-electron chi connectivity index (χ2n) is 2.90. The molecule has 0 aliphatic rings. The van der Waals surface area contributed by atoms with Gasteiger partial charge in [-0.1, -0.05) is 0 Å². The average molecular weight is 225 g/mol. The van der Waals surface area contributed by atoms with Crippen LogP contribution < -0.4 is 0 Å². The molecular formula is C9H9BrN2. The molecule has 0 saturated heterocycles. The van der Waals surface area contributed by atoms with E-state index in [-0.39, 0.29) is 0 Å². The van der Waals surface area contributed by atoms with Crippen molar-refractivity contribution in [2.75, 3.05) is 0 Å². The number of rotatable bonds is 0. The van der Waals surface area contributed by atoms with Crippen molar-refractivity contribution in [3.05, 3.63) is 28.6 Å². The van der Waals surface area contributed by atoms with Gasteiger partial charge in [-0.15, -0.1) is 0 Å². The standard InChI is InChI=1S/C9H9BrN2/c1-6-3-7-8(10)4-11-5-9(7)12(6)2/h3-5H,1-2H3. The normalized spacial score (nSPS) is 10.9. The summed E-state index contributed by atoms with van der Waals surface area (Å²) in [5, 5.41) is 1.23. The van der Waals surface area contributed by atoms with Crippen LogP contribution in [-0.4, -0.2) is 9.55 Å². The molecule has 2 rings (SSSR count). The maximum absolute atomic E-state index is 4.12. The molecule has 0 aromatic carbocycles. The summed E-state index contributed by atoms with van der Waals surface area (Å²) in [5.41, 5.74) is 2.42. The van der Waals surface area contributed by atoms with Gasteiger partial charge in [-0.05, 0) is 28.9 Å². The number of aromatic nitrogens is 2. The lowest BCUT2D eigenvalue weighted by atomic mass is 10.3. The van der Waals surface area contributed by atoms with Crippen LogP contribution in [0.3, 0.4) is 0 Å². The van der Waals surface area contributed by atoms with E-state index in [1.54, 1.807) is 0 Å². The monoisotopic (exact) mass is 224 g/mol. The third kappa shape index (κ3) is 0.966. The Hall–Kier alpha value is -0.830. The van der Waals surface area contributed by atoms with Crippen molar-refractivity contribution in [1.82, 2.24) is 9.55 Å². The van der Waals surface area contributed by atoms with Crippen LogP contribution in [0.4, 0.5) is 0 Å². The minimum absolute atomic E-state index is 1.06. The lowest BCUT2D eigenvalue weighted by molar-refractivity contribution is 0.915. The summed E-state index contributed by atoms with van der Waals surface area (Å²) >= 11 is 3.47. The van der Waals surface area contributed by atoms with E-state index >= 15 is 0 Å². The molecule has 0 aliphatic heterocycles. The van der Waals surface area contributed by atoms with Gasteiger partial charge in [0.2, 0.25) is 0 Å². The molecule has 0 fully saturated rings. The summed E-state index contributed by atoms with van der Waals surface area (Å²) in [5.74, 6) is 0. The van der Waals surface area contributed by atoms with Gasteiger partial charge in [0.25, 0.3) is 0 Å². The fourth-order valence-corrected chi connectivity index (χ4v) is 1.78. The second-order valence-corrected chi connectivity index (χ2v) is 3.75. The highest BCUT2D eigenvalue weighted by Gasteiger charge is 2.04. The largest absolute Gasteiger partial charge is 0.347 e. The lowest BCUT2D eigenvalue weighted by Gasteiger charge is -1.97. The highest BCUT2D eigenvalue weighted by molar-refractivity contribution is 9.10. The van der Waals surface area contributed by atoms with Crippen molar-refractivity contribution in [1.29, 1.82) is 0 Å². The molecule has 0 spiro atoms. The predicted octanol–water partition coefficient (Wildman–Crippen LogP) is 2.64. The zero-order valence-corrected chi connectivity index (χ0v) is 8.59. The van der Waals surface area contributed by atoms with Crippen LogP contribution in [0.15, 0.2) is 22.9 Å². The summed E-state index contributed by atoms with van der Waals surface area (Å²) in [6, 6.07) is 2.15. The number of nitrogens with zero attached hydrogens (tertiary/aromatic N) is 2. The zero-order chi connectivity index (χ0) is 8.72. The minimum atomic E-state index is 1.06. The SMILES string of the molecule is Cc1cc2c(Br)cncc2n1C. The first kappa shape index (κ1) is 7.80. The molecule has 2 aromatic rings. The van der Waals surface area contributed by atoms with E-state index in [0.717, 1.165) is 4.47 Å². The maximum atomic E-state index is 4.12. The number of hydrogen-bond donors (Lipinski definition) is 0. The first-order valence-corrected chi connectivity index (χ1v) is 4.55. The molecule has 12 heavy (non-hydrogen) atoms. The average Bonchev–Trinajstić information content (AvgIpc) is 2.32. The van der Waals surface area contributed by atoms with Crippen molar-refractivity contribution in [2.45, 2.75) is 6.92 Å². The molecule has 2 aromatic heterocycles. The Morgan fingerprint density at radius 2 is 2.17 bits per heavy atom. The van der Waals surface area contributed by atoms with Gasteiger partial charge in [-0.3, -0.25) is 4.98 Å². The molecule has 0 amide bonds. The molecule has 62 valence electrons. The topological polar surface area (TPSA) is 17.8 Å². The van der Waals surface area contributed by atoms with Gasteiger partial charge < -0.3 is 4.57 Å². The van der Waals surface area contributed by atoms with E-state index in [9.17, 15) is 0 Å². The van der Waals surface area contributed by atoms with E-state index in [2.05, 4.69) is 38.5 Å². The quantitative estimate of drug-likeness (QED) is 0.673.